The van der Waals surface area contributed by atoms with Gasteiger partial charge in [-0.1, -0.05) is 13.8 Å². The third-order valence-electron chi connectivity index (χ3n) is 4.61. The summed E-state index contributed by atoms with van der Waals surface area (Å²) in [5.41, 5.74) is 0.337. The SMILES string of the molecule is CC(C)C(NC(=O)c1ccc(F)cc1)C(=O)N1CCN(c2nccs2)CC1. The molecule has 1 aliphatic heterocycles. The molecule has 2 aromatic rings. The van der Waals surface area contributed by atoms with E-state index in [1.54, 1.807) is 22.4 Å². The van der Waals surface area contributed by atoms with Gasteiger partial charge in [0, 0.05) is 43.3 Å². The monoisotopic (exact) mass is 390 g/mol. The van der Waals surface area contributed by atoms with E-state index in [4.69, 9.17) is 0 Å². The van der Waals surface area contributed by atoms with E-state index in [0.29, 0.717) is 18.7 Å². The van der Waals surface area contributed by atoms with Gasteiger partial charge in [0.25, 0.3) is 5.91 Å². The Labute approximate surface area is 162 Å². The third-order valence-corrected chi connectivity index (χ3v) is 5.44. The highest BCUT2D eigenvalue weighted by Gasteiger charge is 2.31. The van der Waals surface area contributed by atoms with Gasteiger partial charge in [-0.05, 0) is 30.2 Å². The summed E-state index contributed by atoms with van der Waals surface area (Å²) in [6.07, 6.45) is 1.78. The first-order valence-corrected chi connectivity index (χ1v) is 9.83. The maximum absolute atomic E-state index is 13.0. The van der Waals surface area contributed by atoms with Crippen molar-refractivity contribution in [2.24, 2.45) is 5.92 Å². The number of halogens is 1. The zero-order valence-electron chi connectivity index (χ0n) is 15.4. The predicted octanol–water partition coefficient (Wildman–Crippen LogP) is 2.39. The Morgan fingerprint density at radius 1 is 1.15 bits per heavy atom. The van der Waals surface area contributed by atoms with Gasteiger partial charge >= 0.3 is 0 Å². The Balaban J connectivity index is 1.62. The van der Waals surface area contributed by atoms with Gasteiger partial charge in [0.15, 0.2) is 5.13 Å². The van der Waals surface area contributed by atoms with Gasteiger partial charge in [0.2, 0.25) is 5.91 Å². The summed E-state index contributed by atoms with van der Waals surface area (Å²) in [6, 6.07) is 4.69. The number of rotatable bonds is 5. The van der Waals surface area contributed by atoms with E-state index in [-0.39, 0.29) is 17.7 Å². The molecule has 144 valence electrons. The molecule has 27 heavy (non-hydrogen) atoms. The van der Waals surface area contributed by atoms with Crippen molar-refractivity contribution in [1.82, 2.24) is 15.2 Å². The van der Waals surface area contributed by atoms with Crippen LogP contribution in [0, 0.1) is 11.7 Å². The van der Waals surface area contributed by atoms with Crippen molar-refractivity contribution >= 4 is 28.3 Å². The number of piperazine rings is 1. The van der Waals surface area contributed by atoms with Crippen molar-refractivity contribution in [3.8, 4) is 0 Å². The van der Waals surface area contributed by atoms with E-state index in [2.05, 4.69) is 15.2 Å². The minimum Gasteiger partial charge on any atom is -0.345 e. The number of hydrogen-bond acceptors (Lipinski definition) is 5. The molecule has 0 saturated carbocycles. The molecule has 0 spiro atoms. The number of benzene rings is 1. The molecule has 0 radical (unpaired) electrons. The second-order valence-corrected chi connectivity index (χ2v) is 7.70. The maximum Gasteiger partial charge on any atom is 0.251 e. The van der Waals surface area contributed by atoms with Crippen LogP contribution in [0.3, 0.4) is 0 Å². The van der Waals surface area contributed by atoms with Gasteiger partial charge in [0.05, 0.1) is 0 Å². The summed E-state index contributed by atoms with van der Waals surface area (Å²) in [7, 11) is 0. The van der Waals surface area contributed by atoms with Crippen LogP contribution in [-0.4, -0.2) is 53.9 Å². The zero-order valence-corrected chi connectivity index (χ0v) is 16.2. The normalized spacial score (nSPS) is 15.7. The van der Waals surface area contributed by atoms with E-state index in [1.165, 1.54) is 24.3 Å². The molecule has 1 saturated heterocycles. The Hall–Kier alpha value is -2.48. The number of hydrogen-bond donors (Lipinski definition) is 1. The summed E-state index contributed by atoms with van der Waals surface area (Å²) in [5, 5.41) is 5.71. The number of amides is 2. The van der Waals surface area contributed by atoms with Gasteiger partial charge < -0.3 is 15.1 Å². The van der Waals surface area contributed by atoms with Crippen molar-refractivity contribution in [2.75, 3.05) is 31.1 Å². The standard InChI is InChI=1S/C19H23FN4O2S/c1-13(2)16(22-17(25)14-3-5-15(20)6-4-14)18(26)23-8-10-24(11-9-23)19-21-7-12-27-19/h3-7,12-13,16H,8-11H2,1-2H3,(H,22,25). The average Bonchev–Trinajstić information content (AvgIpc) is 3.20. The Morgan fingerprint density at radius 2 is 1.81 bits per heavy atom. The van der Waals surface area contributed by atoms with Crippen molar-refractivity contribution in [1.29, 1.82) is 0 Å². The number of anilines is 1. The lowest BCUT2D eigenvalue weighted by Gasteiger charge is -2.37. The molecule has 6 nitrogen and oxygen atoms in total. The van der Waals surface area contributed by atoms with Crippen LogP contribution in [-0.2, 0) is 4.79 Å². The second kappa shape index (κ2) is 8.47. The number of carbonyl (C=O) groups is 2. The lowest BCUT2D eigenvalue weighted by Crippen LogP contribution is -2.56. The first kappa shape index (κ1) is 19.3. The van der Waals surface area contributed by atoms with Crippen LogP contribution in [0.25, 0.3) is 0 Å². The summed E-state index contributed by atoms with van der Waals surface area (Å²) in [4.78, 5) is 33.7. The average molecular weight is 390 g/mol. The molecule has 0 aliphatic carbocycles. The molecular formula is C19H23FN4O2S. The lowest BCUT2D eigenvalue weighted by atomic mass is 10.0. The summed E-state index contributed by atoms with van der Waals surface area (Å²) < 4.78 is 13.0. The van der Waals surface area contributed by atoms with E-state index in [9.17, 15) is 14.0 Å². The molecule has 1 atom stereocenters. The Kier molecular flexibility index (Phi) is 6.05. The fourth-order valence-electron chi connectivity index (χ4n) is 3.03. The zero-order chi connectivity index (χ0) is 19.4. The fourth-order valence-corrected chi connectivity index (χ4v) is 3.72. The topological polar surface area (TPSA) is 65.5 Å². The van der Waals surface area contributed by atoms with Crippen LogP contribution in [0.2, 0.25) is 0 Å². The number of thiazole rings is 1. The molecule has 8 heteroatoms. The van der Waals surface area contributed by atoms with Gasteiger partial charge in [-0.3, -0.25) is 9.59 Å². The number of nitrogens with zero attached hydrogens (tertiary/aromatic N) is 3. The summed E-state index contributed by atoms with van der Waals surface area (Å²) >= 11 is 1.58. The quantitative estimate of drug-likeness (QED) is 0.851. The molecule has 1 aliphatic rings. The van der Waals surface area contributed by atoms with E-state index >= 15 is 0 Å². The molecule has 0 bridgehead atoms. The second-order valence-electron chi connectivity index (χ2n) is 6.83. The molecule has 1 fully saturated rings. The summed E-state index contributed by atoms with van der Waals surface area (Å²) in [6.45, 7) is 6.42. The van der Waals surface area contributed by atoms with Crippen LogP contribution >= 0.6 is 11.3 Å². The number of aromatic nitrogens is 1. The van der Waals surface area contributed by atoms with Crippen LogP contribution < -0.4 is 10.2 Å². The minimum atomic E-state index is -0.617. The molecule has 1 aromatic carbocycles. The van der Waals surface area contributed by atoms with Crippen molar-refractivity contribution < 1.29 is 14.0 Å². The van der Waals surface area contributed by atoms with Crippen molar-refractivity contribution in [2.45, 2.75) is 19.9 Å². The van der Waals surface area contributed by atoms with Crippen LogP contribution in [0.1, 0.15) is 24.2 Å². The molecule has 1 unspecified atom stereocenters. The highest BCUT2D eigenvalue weighted by molar-refractivity contribution is 7.13. The Morgan fingerprint density at radius 3 is 2.37 bits per heavy atom. The third kappa shape index (κ3) is 4.63. The maximum atomic E-state index is 13.0. The van der Waals surface area contributed by atoms with Crippen LogP contribution in [0.5, 0.6) is 0 Å². The lowest BCUT2D eigenvalue weighted by molar-refractivity contribution is -0.134. The first-order valence-electron chi connectivity index (χ1n) is 8.95. The molecule has 1 aromatic heterocycles. The van der Waals surface area contributed by atoms with Gasteiger partial charge in [-0.25, -0.2) is 9.37 Å². The highest BCUT2D eigenvalue weighted by atomic mass is 32.1. The fraction of sp³-hybridized carbons (Fsp3) is 0.421. The van der Waals surface area contributed by atoms with Gasteiger partial charge in [-0.2, -0.15) is 0 Å². The number of carbonyl (C=O) groups excluding carboxylic acids is 2. The van der Waals surface area contributed by atoms with Gasteiger partial charge in [0.1, 0.15) is 11.9 Å². The molecule has 2 heterocycles. The van der Waals surface area contributed by atoms with Gasteiger partial charge in [-0.15, -0.1) is 11.3 Å². The Bertz CT molecular complexity index is 772. The smallest absolute Gasteiger partial charge is 0.251 e. The molecule has 1 N–H and O–H groups in total. The molecular weight excluding hydrogens is 367 g/mol. The summed E-state index contributed by atoms with van der Waals surface area (Å²) in [5.74, 6) is -0.914. The number of nitrogens with one attached hydrogen (secondary N) is 1. The largest absolute Gasteiger partial charge is 0.345 e. The van der Waals surface area contributed by atoms with Crippen molar-refractivity contribution in [3.05, 3.63) is 47.2 Å². The van der Waals surface area contributed by atoms with Crippen LogP contribution in [0.15, 0.2) is 35.8 Å². The van der Waals surface area contributed by atoms with Crippen molar-refractivity contribution in [3.63, 3.8) is 0 Å². The van der Waals surface area contributed by atoms with Crippen LogP contribution in [0.4, 0.5) is 9.52 Å². The highest BCUT2D eigenvalue weighted by Crippen LogP contribution is 2.19. The molecule has 3 rings (SSSR count). The predicted molar refractivity (Wildman–Crippen MR) is 103 cm³/mol. The van der Waals surface area contributed by atoms with E-state index < -0.39 is 11.9 Å². The van der Waals surface area contributed by atoms with E-state index in [1.807, 2.05) is 19.2 Å². The minimum absolute atomic E-state index is 0.0566. The van der Waals surface area contributed by atoms with E-state index in [0.717, 1.165) is 18.2 Å². The first-order chi connectivity index (χ1) is 13.0. The molecule has 2 amide bonds.